The summed E-state index contributed by atoms with van der Waals surface area (Å²) in [5.74, 6) is 0.985. The molecular weight excluding hydrogens is 258 g/mol. The van der Waals surface area contributed by atoms with Crippen molar-refractivity contribution in [2.24, 2.45) is 0 Å². The van der Waals surface area contributed by atoms with E-state index in [4.69, 9.17) is 4.74 Å². The highest BCUT2D eigenvalue weighted by molar-refractivity contribution is 5.57. The van der Waals surface area contributed by atoms with Gasteiger partial charge in [0.05, 0.1) is 6.61 Å². The molecule has 0 aliphatic rings. The molecule has 0 unspecified atom stereocenters. The average Bonchev–Trinajstić information content (AvgIpc) is 2.52. The molecule has 0 spiro atoms. The van der Waals surface area contributed by atoms with Crippen molar-refractivity contribution in [3.63, 3.8) is 0 Å². The predicted molar refractivity (Wildman–Crippen MR) is 90.1 cm³/mol. The minimum Gasteiger partial charge on any atom is -0.493 e. The van der Waals surface area contributed by atoms with Crippen LogP contribution in [0.3, 0.4) is 0 Å². The van der Waals surface area contributed by atoms with Crippen LogP contribution in [-0.4, -0.2) is 6.61 Å². The number of anilines is 1. The summed E-state index contributed by atoms with van der Waals surface area (Å²) in [6.07, 6.45) is 2.07. The van der Waals surface area contributed by atoms with Crippen molar-refractivity contribution in [2.75, 3.05) is 11.9 Å². The third kappa shape index (κ3) is 4.01. The van der Waals surface area contributed by atoms with E-state index >= 15 is 0 Å². The standard InChI is InChI=1S/C19H25NO/c1-4-13-21-18-12-7-6-10-17(18)14-20-19-15(3)9-8-11-16(19)5-2/h6-12,20H,4-5,13-14H2,1-3H3. The van der Waals surface area contributed by atoms with E-state index < -0.39 is 0 Å². The molecule has 2 heteroatoms. The molecule has 2 aromatic rings. The maximum absolute atomic E-state index is 5.82. The van der Waals surface area contributed by atoms with Crippen molar-refractivity contribution >= 4 is 5.69 Å². The molecule has 0 fully saturated rings. The molecule has 2 rings (SSSR count). The number of rotatable bonds is 7. The number of ether oxygens (including phenoxy) is 1. The Morgan fingerprint density at radius 3 is 2.48 bits per heavy atom. The molecule has 0 atom stereocenters. The second-order valence-corrected chi connectivity index (χ2v) is 5.27. The molecule has 2 aromatic carbocycles. The van der Waals surface area contributed by atoms with E-state index in [0.29, 0.717) is 0 Å². The first-order valence-electron chi connectivity index (χ1n) is 7.79. The third-order valence-corrected chi connectivity index (χ3v) is 3.63. The Labute approximate surface area is 128 Å². The monoisotopic (exact) mass is 283 g/mol. The van der Waals surface area contributed by atoms with Gasteiger partial charge in [0.15, 0.2) is 0 Å². The van der Waals surface area contributed by atoms with Gasteiger partial charge < -0.3 is 10.1 Å². The molecular formula is C19H25NO. The molecule has 0 heterocycles. The van der Waals surface area contributed by atoms with Crippen molar-refractivity contribution in [1.29, 1.82) is 0 Å². The molecule has 0 aliphatic carbocycles. The summed E-state index contributed by atoms with van der Waals surface area (Å²) >= 11 is 0. The van der Waals surface area contributed by atoms with E-state index in [2.05, 4.69) is 56.4 Å². The third-order valence-electron chi connectivity index (χ3n) is 3.63. The lowest BCUT2D eigenvalue weighted by Crippen LogP contribution is -2.06. The van der Waals surface area contributed by atoms with Gasteiger partial charge in [0, 0.05) is 17.8 Å². The maximum Gasteiger partial charge on any atom is 0.124 e. The van der Waals surface area contributed by atoms with E-state index in [9.17, 15) is 0 Å². The number of benzene rings is 2. The Kier molecular flexibility index (Phi) is 5.68. The fourth-order valence-corrected chi connectivity index (χ4v) is 2.46. The number of hydrogen-bond acceptors (Lipinski definition) is 2. The van der Waals surface area contributed by atoms with Gasteiger partial charge in [0.2, 0.25) is 0 Å². The zero-order valence-electron chi connectivity index (χ0n) is 13.3. The molecule has 0 saturated carbocycles. The van der Waals surface area contributed by atoms with Crippen molar-refractivity contribution in [1.82, 2.24) is 0 Å². The quantitative estimate of drug-likeness (QED) is 0.775. The first-order chi connectivity index (χ1) is 10.3. The van der Waals surface area contributed by atoms with Crippen molar-refractivity contribution in [2.45, 2.75) is 40.2 Å². The van der Waals surface area contributed by atoms with Crippen LogP contribution in [-0.2, 0) is 13.0 Å². The fourth-order valence-electron chi connectivity index (χ4n) is 2.46. The van der Waals surface area contributed by atoms with Crippen molar-refractivity contribution in [3.8, 4) is 5.75 Å². The van der Waals surface area contributed by atoms with E-state index in [1.807, 2.05) is 12.1 Å². The summed E-state index contributed by atoms with van der Waals surface area (Å²) in [6.45, 7) is 8.03. The van der Waals surface area contributed by atoms with E-state index in [1.54, 1.807) is 0 Å². The molecule has 0 bridgehead atoms. The lowest BCUT2D eigenvalue weighted by atomic mass is 10.1. The van der Waals surface area contributed by atoms with Crippen LogP contribution in [0.5, 0.6) is 5.75 Å². The summed E-state index contributed by atoms with van der Waals surface area (Å²) in [6, 6.07) is 14.7. The normalized spacial score (nSPS) is 10.4. The molecule has 0 radical (unpaired) electrons. The number of para-hydroxylation sites is 2. The average molecular weight is 283 g/mol. The van der Waals surface area contributed by atoms with Gasteiger partial charge in [0.1, 0.15) is 5.75 Å². The maximum atomic E-state index is 5.82. The highest BCUT2D eigenvalue weighted by Gasteiger charge is 2.06. The molecule has 0 aromatic heterocycles. The summed E-state index contributed by atoms with van der Waals surface area (Å²) in [4.78, 5) is 0. The van der Waals surface area contributed by atoms with Crippen molar-refractivity contribution in [3.05, 3.63) is 59.2 Å². The second kappa shape index (κ2) is 7.72. The smallest absolute Gasteiger partial charge is 0.124 e. The zero-order chi connectivity index (χ0) is 15.1. The summed E-state index contributed by atoms with van der Waals surface area (Å²) in [5, 5.41) is 3.59. The van der Waals surface area contributed by atoms with Gasteiger partial charge in [0.25, 0.3) is 0 Å². The lowest BCUT2D eigenvalue weighted by molar-refractivity contribution is 0.314. The zero-order valence-corrected chi connectivity index (χ0v) is 13.3. The fraction of sp³-hybridized carbons (Fsp3) is 0.368. The highest BCUT2D eigenvalue weighted by Crippen LogP contribution is 2.24. The van der Waals surface area contributed by atoms with Crippen LogP contribution in [0.2, 0.25) is 0 Å². The SMILES string of the molecule is CCCOc1ccccc1CNc1c(C)cccc1CC. The summed E-state index contributed by atoms with van der Waals surface area (Å²) in [7, 11) is 0. The Bertz CT molecular complexity index is 578. The van der Waals surface area contributed by atoms with E-state index in [1.165, 1.54) is 22.4 Å². The predicted octanol–water partition coefficient (Wildman–Crippen LogP) is 4.96. The molecule has 2 nitrogen and oxygen atoms in total. The lowest BCUT2D eigenvalue weighted by Gasteiger charge is -2.16. The van der Waals surface area contributed by atoms with Gasteiger partial charge in [-0.2, -0.15) is 0 Å². The Balaban J connectivity index is 2.13. The molecule has 1 N–H and O–H groups in total. The van der Waals surface area contributed by atoms with Crippen LogP contribution in [0.4, 0.5) is 5.69 Å². The largest absolute Gasteiger partial charge is 0.493 e. The van der Waals surface area contributed by atoms with Crippen LogP contribution >= 0.6 is 0 Å². The molecule has 0 aliphatic heterocycles. The van der Waals surface area contributed by atoms with Crippen LogP contribution in [0.1, 0.15) is 37.0 Å². The molecule has 0 amide bonds. The van der Waals surface area contributed by atoms with Gasteiger partial charge >= 0.3 is 0 Å². The highest BCUT2D eigenvalue weighted by atomic mass is 16.5. The van der Waals surface area contributed by atoms with E-state index in [-0.39, 0.29) is 0 Å². The van der Waals surface area contributed by atoms with Gasteiger partial charge in [-0.15, -0.1) is 0 Å². The van der Waals surface area contributed by atoms with Gasteiger partial charge in [-0.3, -0.25) is 0 Å². The van der Waals surface area contributed by atoms with Gasteiger partial charge in [-0.05, 0) is 37.0 Å². The topological polar surface area (TPSA) is 21.3 Å². The Hall–Kier alpha value is -1.96. The molecule has 0 saturated heterocycles. The number of aryl methyl sites for hydroxylation is 2. The van der Waals surface area contributed by atoms with Gasteiger partial charge in [-0.25, -0.2) is 0 Å². The second-order valence-electron chi connectivity index (χ2n) is 5.27. The van der Waals surface area contributed by atoms with Crippen LogP contribution in [0, 0.1) is 6.92 Å². The number of hydrogen-bond donors (Lipinski definition) is 1. The van der Waals surface area contributed by atoms with Crippen LogP contribution in [0.15, 0.2) is 42.5 Å². The van der Waals surface area contributed by atoms with Crippen molar-refractivity contribution < 1.29 is 4.74 Å². The molecule has 112 valence electrons. The van der Waals surface area contributed by atoms with Crippen LogP contribution < -0.4 is 10.1 Å². The van der Waals surface area contributed by atoms with Crippen LogP contribution in [0.25, 0.3) is 0 Å². The summed E-state index contributed by atoms with van der Waals surface area (Å²) < 4.78 is 5.82. The molecule has 21 heavy (non-hydrogen) atoms. The minimum atomic E-state index is 0.765. The first-order valence-corrected chi connectivity index (χ1v) is 7.79. The Morgan fingerprint density at radius 1 is 0.952 bits per heavy atom. The van der Waals surface area contributed by atoms with Gasteiger partial charge in [-0.1, -0.05) is 50.2 Å². The Morgan fingerprint density at radius 2 is 1.71 bits per heavy atom. The first kappa shape index (κ1) is 15.4. The number of nitrogens with one attached hydrogen (secondary N) is 1. The minimum absolute atomic E-state index is 0.765. The van der Waals surface area contributed by atoms with E-state index in [0.717, 1.165) is 31.7 Å². The summed E-state index contributed by atoms with van der Waals surface area (Å²) in [5.41, 5.74) is 5.12.